The van der Waals surface area contributed by atoms with Gasteiger partial charge in [-0.25, -0.2) is 10.5 Å². The predicted octanol–water partition coefficient (Wildman–Crippen LogP) is 3.85. The van der Waals surface area contributed by atoms with Gasteiger partial charge in [0.2, 0.25) is 0 Å². The topological polar surface area (TPSA) is 86.1 Å². The second kappa shape index (κ2) is 6.33. The third-order valence-electron chi connectivity index (χ3n) is 4.20. The fourth-order valence-electron chi connectivity index (χ4n) is 2.93. The molecule has 4 aromatic rings. The number of furan rings is 1. The van der Waals surface area contributed by atoms with Crippen LogP contribution < -0.4 is 11.3 Å². The minimum atomic E-state index is -0.474. The maximum atomic E-state index is 12.0. The van der Waals surface area contributed by atoms with Gasteiger partial charge >= 0.3 is 0 Å². The molecule has 4 rings (SSSR count). The van der Waals surface area contributed by atoms with Crippen LogP contribution in [0.25, 0.3) is 28.1 Å². The highest BCUT2D eigenvalue weighted by molar-refractivity contribution is 6.31. The predicted molar refractivity (Wildman–Crippen MR) is 100 cm³/mol. The minimum absolute atomic E-state index is 0.198. The maximum absolute atomic E-state index is 12.0. The van der Waals surface area contributed by atoms with Gasteiger partial charge in [-0.3, -0.25) is 10.2 Å². The van der Waals surface area contributed by atoms with Crippen molar-refractivity contribution >= 4 is 28.5 Å². The van der Waals surface area contributed by atoms with E-state index < -0.39 is 5.91 Å². The average Bonchev–Trinajstić information content (AvgIpc) is 3.24. The van der Waals surface area contributed by atoms with Gasteiger partial charge in [0, 0.05) is 22.0 Å². The molecule has 2 heterocycles. The van der Waals surface area contributed by atoms with Crippen LogP contribution in [0.3, 0.4) is 0 Å². The quantitative estimate of drug-likeness (QED) is 0.327. The fourth-order valence-corrected chi connectivity index (χ4v) is 3.10. The summed E-state index contributed by atoms with van der Waals surface area (Å²) in [7, 11) is 0. The Hall–Kier alpha value is -3.09. The lowest BCUT2D eigenvalue weighted by Crippen LogP contribution is -2.30. The highest BCUT2D eigenvalue weighted by atomic mass is 35.5. The summed E-state index contributed by atoms with van der Waals surface area (Å²) in [5.74, 6) is 5.41. The molecule has 2 aromatic heterocycles. The number of hydrogen-bond acceptors (Lipinski definition) is 4. The number of carbonyl (C=O) groups excluding carboxylic acids is 1. The summed E-state index contributed by atoms with van der Waals surface area (Å²) < 4.78 is 7.71. The van der Waals surface area contributed by atoms with E-state index >= 15 is 0 Å². The molecule has 2 aromatic carbocycles. The number of hydrazine groups is 1. The molecule has 0 saturated carbocycles. The Kier molecular flexibility index (Phi) is 3.99. The Labute approximate surface area is 154 Å². The van der Waals surface area contributed by atoms with Crippen molar-refractivity contribution in [3.63, 3.8) is 0 Å². The van der Waals surface area contributed by atoms with Crippen molar-refractivity contribution in [2.45, 2.75) is 6.92 Å². The smallest absolute Gasteiger partial charge is 0.285 e. The van der Waals surface area contributed by atoms with Crippen molar-refractivity contribution in [2.75, 3.05) is 0 Å². The monoisotopic (exact) mass is 366 g/mol. The first-order chi connectivity index (χ1) is 12.6. The molecule has 1 amide bonds. The lowest BCUT2D eigenvalue weighted by Gasteiger charge is -2.06. The standard InChI is InChI=1S/C19H15ClN4O2/c1-11-14-9-12(20)7-8-17(14)26-18(11)16-10-15(19(25)22-21)23-24(16)13-5-3-2-4-6-13/h2-10H,21H2,1H3,(H,22,25). The molecule has 26 heavy (non-hydrogen) atoms. The Bertz CT molecular complexity index is 1120. The molecule has 0 atom stereocenters. The number of aromatic nitrogens is 2. The Morgan fingerprint density at radius 1 is 1.19 bits per heavy atom. The number of para-hydroxylation sites is 1. The van der Waals surface area contributed by atoms with Crippen LogP contribution in [0, 0.1) is 6.92 Å². The lowest BCUT2D eigenvalue weighted by molar-refractivity contribution is 0.0948. The van der Waals surface area contributed by atoms with Crippen molar-refractivity contribution in [1.29, 1.82) is 0 Å². The average molecular weight is 367 g/mol. The van der Waals surface area contributed by atoms with Gasteiger partial charge in [0.1, 0.15) is 11.3 Å². The number of nitrogens with zero attached hydrogens (tertiary/aromatic N) is 2. The van der Waals surface area contributed by atoms with E-state index in [-0.39, 0.29) is 5.69 Å². The Morgan fingerprint density at radius 3 is 2.69 bits per heavy atom. The van der Waals surface area contributed by atoms with Crippen molar-refractivity contribution in [1.82, 2.24) is 15.2 Å². The third kappa shape index (κ3) is 2.65. The molecule has 0 bridgehead atoms. The van der Waals surface area contributed by atoms with E-state index in [2.05, 4.69) is 10.5 Å². The summed E-state index contributed by atoms with van der Waals surface area (Å²) in [5, 5.41) is 5.94. The van der Waals surface area contributed by atoms with Gasteiger partial charge < -0.3 is 4.42 Å². The molecular weight excluding hydrogens is 352 g/mol. The molecule has 0 radical (unpaired) electrons. The van der Waals surface area contributed by atoms with Crippen LogP contribution >= 0.6 is 11.6 Å². The number of benzene rings is 2. The zero-order valence-electron chi connectivity index (χ0n) is 13.9. The van der Waals surface area contributed by atoms with Gasteiger partial charge in [0.15, 0.2) is 11.5 Å². The van der Waals surface area contributed by atoms with E-state index in [1.165, 1.54) is 0 Å². The van der Waals surface area contributed by atoms with E-state index in [1.54, 1.807) is 16.8 Å². The molecular formula is C19H15ClN4O2. The Morgan fingerprint density at radius 2 is 1.96 bits per heavy atom. The minimum Gasteiger partial charge on any atom is -0.454 e. The number of amides is 1. The van der Waals surface area contributed by atoms with Crippen LogP contribution in [-0.2, 0) is 0 Å². The first-order valence-corrected chi connectivity index (χ1v) is 8.31. The van der Waals surface area contributed by atoms with Gasteiger partial charge in [0.05, 0.1) is 5.69 Å². The Balaban J connectivity index is 1.97. The van der Waals surface area contributed by atoms with Gasteiger partial charge in [-0.1, -0.05) is 29.8 Å². The van der Waals surface area contributed by atoms with E-state index in [9.17, 15) is 4.79 Å². The van der Waals surface area contributed by atoms with E-state index in [0.717, 1.165) is 16.6 Å². The second-order valence-electron chi connectivity index (χ2n) is 5.83. The highest BCUT2D eigenvalue weighted by Crippen LogP contribution is 2.35. The van der Waals surface area contributed by atoms with Gasteiger partial charge in [-0.05, 0) is 37.3 Å². The lowest BCUT2D eigenvalue weighted by atomic mass is 10.1. The number of carbonyl (C=O) groups is 1. The van der Waals surface area contributed by atoms with Crippen LogP contribution in [-0.4, -0.2) is 15.7 Å². The molecule has 0 aliphatic rings. The number of nitrogen functional groups attached to an aromatic ring is 1. The summed E-state index contributed by atoms with van der Waals surface area (Å²) >= 11 is 6.11. The van der Waals surface area contributed by atoms with Crippen molar-refractivity contribution in [3.05, 3.63) is 70.9 Å². The molecule has 0 saturated heterocycles. The normalized spacial score (nSPS) is 11.0. The van der Waals surface area contributed by atoms with Gasteiger partial charge in [-0.15, -0.1) is 0 Å². The summed E-state index contributed by atoms with van der Waals surface area (Å²) in [4.78, 5) is 12.0. The summed E-state index contributed by atoms with van der Waals surface area (Å²) in [6.45, 7) is 1.95. The number of aryl methyl sites for hydroxylation is 1. The molecule has 130 valence electrons. The second-order valence-corrected chi connectivity index (χ2v) is 6.27. The zero-order chi connectivity index (χ0) is 18.3. The number of nitrogens with two attached hydrogens (primary N) is 1. The van der Waals surface area contributed by atoms with Crippen LogP contribution in [0.4, 0.5) is 0 Å². The molecule has 7 heteroatoms. The van der Waals surface area contributed by atoms with Gasteiger partial charge in [-0.2, -0.15) is 5.10 Å². The van der Waals surface area contributed by atoms with Crippen LogP contribution in [0.1, 0.15) is 16.1 Å². The van der Waals surface area contributed by atoms with Crippen LogP contribution in [0.5, 0.6) is 0 Å². The molecule has 0 fully saturated rings. The first-order valence-electron chi connectivity index (χ1n) is 7.94. The largest absolute Gasteiger partial charge is 0.454 e. The van der Waals surface area contributed by atoms with E-state index in [0.29, 0.717) is 22.1 Å². The number of fused-ring (bicyclic) bond motifs is 1. The number of nitrogens with one attached hydrogen (secondary N) is 1. The maximum Gasteiger partial charge on any atom is 0.285 e. The zero-order valence-corrected chi connectivity index (χ0v) is 14.6. The number of hydrogen-bond donors (Lipinski definition) is 2. The molecule has 3 N–H and O–H groups in total. The SMILES string of the molecule is Cc1c(-c2cc(C(=O)NN)nn2-c2ccccc2)oc2ccc(Cl)cc12. The number of rotatable bonds is 3. The molecule has 0 spiro atoms. The molecule has 0 aliphatic heterocycles. The summed E-state index contributed by atoms with van der Waals surface area (Å²) in [5.41, 5.74) is 5.39. The molecule has 6 nitrogen and oxygen atoms in total. The van der Waals surface area contributed by atoms with Crippen molar-refractivity contribution in [2.24, 2.45) is 5.84 Å². The summed E-state index contributed by atoms with van der Waals surface area (Å²) in [6, 6.07) is 16.6. The fraction of sp³-hybridized carbons (Fsp3) is 0.0526. The van der Waals surface area contributed by atoms with Crippen molar-refractivity contribution < 1.29 is 9.21 Å². The number of halogens is 1. The van der Waals surface area contributed by atoms with Crippen molar-refractivity contribution in [3.8, 4) is 17.1 Å². The van der Waals surface area contributed by atoms with E-state index in [1.807, 2.05) is 49.4 Å². The summed E-state index contributed by atoms with van der Waals surface area (Å²) in [6.07, 6.45) is 0. The molecule has 0 aliphatic carbocycles. The third-order valence-corrected chi connectivity index (χ3v) is 4.44. The van der Waals surface area contributed by atoms with Crippen LogP contribution in [0.15, 0.2) is 59.0 Å². The van der Waals surface area contributed by atoms with Gasteiger partial charge in [0.25, 0.3) is 5.91 Å². The van der Waals surface area contributed by atoms with E-state index in [4.69, 9.17) is 21.9 Å². The van der Waals surface area contributed by atoms with Crippen LogP contribution in [0.2, 0.25) is 5.02 Å². The highest BCUT2D eigenvalue weighted by Gasteiger charge is 2.21. The molecule has 0 unspecified atom stereocenters. The first kappa shape index (κ1) is 16.4.